The molecule has 1 heterocycles. The van der Waals surface area contributed by atoms with Crippen LogP contribution in [0.15, 0.2) is 33.7 Å². The normalized spacial score (nSPS) is 11.5. The van der Waals surface area contributed by atoms with Crippen molar-refractivity contribution in [3.8, 4) is 5.75 Å². The Morgan fingerprint density at radius 1 is 1.30 bits per heavy atom. The van der Waals surface area contributed by atoms with Gasteiger partial charge in [-0.3, -0.25) is 0 Å². The maximum absolute atomic E-state index is 9.47. The fourth-order valence-corrected chi connectivity index (χ4v) is 2.13. The van der Waals surface area contributed by atoms with Crippen molar-refractivity contribution in [1.29, 1.82) is 0 Å². The molecule has 1 aromatic carbocycles. The van der Waals surface area contributed by atoms with Gasteiger partial charge in [0.1, 0.15) is 18.1 Å². The number of nitrogens with zero attached hydrogens (tertiary/aromatic N) is 2. The summed E-state index contributed by atoms with van der Waals surface area (Å²) in [5, 5.41) is 15.9. The summed E-state index contributed by atoms with van der Waals surface area (Å²) in [7, 11) is 0. The number of oxazole rings is 1. The fraction of sp³-hybridized carbons (Fsp3) is 0.412. The molecule has 2 rings (SSSR count). The van der Waals surface area contributed by atoms with Gasteiger partial charge < -0.3 is 20.2 Å². The van der Waals surface area contributed by atoms with Gasteiger partial charge in [-0.15, -0.1) is 0 Å². The fourth-order valence-electron chi connectivity index (χ4n) is 2.13. The molecule has 0 saturated carbocycles. The molecule has 0 atom stereocenters. The standard InChI is InChI=1S/C17H24N4O2/c1-4-18-17(20-11-16-21-12(2)13(3)23-16)19-9-8-14-6-5-7-15(22)10-14/h5-7,10,22H,4,8-9,11H2,1-3H3,(H2,18,19,20). The highest BCUT2D eigenvalue weighted by Crippen LogP contribution is 2.11. The Kier molecular flexibility index (Phi) is 6.02. The predicted molar refractivity (Wildman–Crippen MR) is 90.6 cm³/mol. The Balaban J connectivity index is 1.88. The summed E-state index contributed by atoms with van der Waals surface area (Å²) in [6.07, 6.45) is 0.802. The number of phenols is 1. The van der Waals surface area contributed by atoms with E-state index in [1.807, 2.05) is 32.9 Å². The lowest BCUT2D eigenvalue weighted by Crippen LogP contribution is -2.38. The summed E-state index contributed by atoms with van der Waals surface area (Å²) in [6, 6.07) is 7.27. The van der Waals surface area contributed by atoms with Gasteiger partial charge in [0, 0.05) is 13.1 Å². The van der Waals surface area contributed by atoms with E-state index in [0.29, 0.717) is 12.4 Å². The van der Waals surface area contributed by atoms with Crippen LogP contribution in [0.25, 0.3) is 0 Å². The van der Waals surface area contributed by atoms with Crippen molar-refractivity contribution in [3.05, 3.63) is 47.2 Å². The lowest BCUT2D eigenvalue weighted by atomic mass is 10.1. The van der Waals surface area contributed by atoms with Crippen molar-refractivity contribution in [2.45, 2.75) is 33.7 Å². The number of phenolic OH excluding ortho intramolecular Hbond substituents is 1. The lowest BCUT2D eigenvalue weighted by molar-refractivity contribution is 0.472. The molecule has 0 spiro atoms. The van der Waals surface area contributed by atoms with E-state index in [2.05, 4.69) is 20.6 Å². The highest BCUT2D eigenvalue weighted by Gasteiger charge is 2.05. The minimum absolute atomic E-state index is 0.290. The highest BCUT2D eigenvalue weighted by molar-refractivity contribution is 5.79. The Morgan fingerprint density at radius 3 is 2.78 bits per heavy atom. The van der Waals surface area contributed by atoms with E-state index in [1.165, 1.54) is 0 Å². The first-order chi connectivity index (χ1) is 11.1. The van der Waals surface area contributed by atoms with Crippen LogP contribution in [0.4, 0.5) is 0 Å². The van der Waals surface area contributed by atoms with Crippen molar-refractivity contribution >= 4 is 5.96 Å². The van der Waals surface area contributed by atoms with Crippen LogP contribution in [0.3, 0.4) is 0 Å². The predicted octanol–water partition coefficient (Wildman–Crippen LogP) is 2.29. The molecule has 0 radical (unpaired) electrons. The summed E-state index contributed by atoms with van der Waals surface area (Å²) in [6.45, 7) is 7.74. The third-order valence-corrected chi connectivity index (χ3v) is 3.41. The zero-order valence-corrected chi connectivity index (χ0v) is 13.9. The van der Waals surface area contributed by atoms with Gasteiger partial charge in [-0.1, -0.05) is 12.1 Å². The van der Waals surface area contributed by atoms with Crippen LogP contribution in [0.2, 0.25) is 0 Å². The van der Waals surface area contributed by atoms with Crippen molar-refractivity contribution in [1.82, 2.24) is 15.6 Å². The van der Waals surface area contributed by atoms with E-state index in [9.17, 15) is 5.11 Å². The van der Waals surface area contributed by atoms with Crippen molar-refractivity contribution in [2.24, 2.45) is 4.99 Å². The van der Waals surface area contributed by atoms with E-state index in [4.69, 9.17) is 4.42 Å². The number of hydrogen-bond acceptors (Lipinski definition) is 4. The van der Waals surface area contributed by atoms with Crippen LogP contribution in [0.1, 0.15) is 29.8 Å². The molecule has 6 nitrogen and oxygen atoms in total. The summed E-state index contributed by atoms with van der Waals surface area (Å²) in [5.74, 6) is 2.46. The zero-order valence-electron chi connectivity index (χ0n) is 13.9. The van der Waals surface area contributed by atoms with Crippen LogP contribution in [0, 0.1) is 13.8 Å². The molecule has 0 fully saturated rings. The first-order valence-corrected chi connectivity index (χ1v) is 7.81. The first-order valence-electron chi connectivity index (χ1n) is 7.81. The number of aryl methyl sites for hydroxylation is 2. The third-order valence-electron chi connectivity index (χ3n) is 3.41. The minimum atomic E-state index is 0.290. The number of aromatic hydroxyl groups is 1. The van der Waals surface area contributed by atoms with Gasteiger partial charge in [0.05, 0.1) is 5.69 Å². The molecular weight excluding hydrogens is 292 g/mol. The monoisotopic (exact) mass is 316 g/mol. The summed E-state index contributed by atoms with van der Waals surface area (Å²) in [5.41, 5.74) is 1.98. The van der Waals surface area contributed by atoms with Crippen molar-refractivity contribution < 1.29 is 9.52 Å². The highest BCUT2D eigenvalue weighted by atomic mass is 16.4. The maximum atomic E-state index is 9.47. The first kappa shape index (κ1) is 16.9. The third kappa shape index (κ3) is 5.32. The van der Waals surface area contributed by atoms with Crippen LogP contribution in [0.5, 0.6) is 5.75 Å². The maximum Gasteiger partial charge on any atom is 0.216 e. The summed E-state index contributed by atoms with van der Waals surface area (Å²) < 4.78 is 5.53. The van der Waals surface area contributed by atoms with Crippen LogP contribution in [-0.2, 0) is 13.0 Å². The molecule has 1 aromatic heterocycles. The van der Waals surface area contributed by atoms with E-state index in [0.717, 1.165) is 42.5 Å². The number of aliphatic imine (C=N–C) groups is 1. The van der Waals surface area contributed by atoms with Crippen molar-refractivity contribution in [2.75, 3.05) is 13.1 Å². The number of rotatable bonds is 6. The average Bonchev–Trinajstić information content (AvgIpc) is 2.83. The van der Waals surface area contributed by atoms with Crippen LogP contribution in [-0.4, -0.2) is 29.1 Å². The molecule has 0 aliphatic heterocycles. The second kappa shape index (κ2) is 8.22. The van der Waals surface area contributed by atoms with E-state index >= 15 is 0 Å². The Morgan fingerprint density at radius 2 is 2.13 bits per heavy atom. The summed E-state index contributed by atoms with van der Waals surface area (Å²) in [4.78, 5) is 8.80. The Hall–Kier alpha value is -2.50. The second-order valence-electron chi connectivity index (χ2n) is 5.29. The number of guanidine groups is 1. The number of benzene rings is 1. The van der Waals surface area contributed by atoms with Gasteiger partial charge >= 0.3 is 0 Å². The molecule has 0 saturated heterocycles. The number of nitrogens with one attached hydrogen (secondary N) is 2. The SMILES string of the molecule is CCNC(=NCc1nc(C)c(C)o1)NCCc1cccc(O)c1. The van der Waals surface area contributed by atoms with Crippen LogP contribution >= 0.6 is 0 Å². The Labute approximate surface area is 136 Å². The van der Waals surface area contributed by atoms with Gasteiger partial charge in [0.25, 0.3) is 0 Å². The Bertz CT molecular complexity index is 645. The molecule has 6 heteroatoms. The molecule has 0 aliphatic carbocycles. The zero-order chi connectivity index (χ0) is 16.7. The quantitative estimate of drug-likeness (QED) is 0.562. The smallest absolute Gasteiger partial charge is 0.216 e. The molecular formula is C17H24N4O2. The van der Waals surface area contributed by atoms with Crippen LogP contribution < -0.4 is 10.6 Å². The molecule has 0 amide bonds. The molecule has 0 unspecified atom stereocenters. The van der Waals surface area contributed by atoms with Gasteiger partial charge in [0.2, 0.25) is 5.89 Å². The largest absolute Gasteiger partial charge is 0.508 e. The number of aromatic nitrogens is 1. The van der Waals surface area contributed by atoms with E-state index in [1.54, 1.807) is 12.1 Å². The lowest BCUT2D eigenvalue weighted by Gasteiger charge is -2.11. The summed E-state index contributed by atoms with van der Waals surface area (Å²) >= 11 is 0. The van der Waals surface area contributed by atoms with Gasteiger partial charge in [-0.25, -0.2) is 9.98 Å². The van der Waals surface area contributed by atoms with Crippen molar-refractivity contribution in [3.63, 3.8) is 0 Å². The van der Waals surface area contributed by atoms with Gasteiger partial charge in [0.15, 0.2) is 5.96 Å². The molecule has 2 aromatic rings. The van der Waals surface area contributed by atoms with Gasteiger partial charge in [-0.2, -0.15) is 0 Å². The topological polar surface area (TPSA) is 82.7 Å². The minimum Gasteiger partial charge on any atom is -0.508 e. The van der Waals surface area contributed by atoms with E-state index in [-0.39, 0.29) is 5.75 Å². The molecule has 3 N–H and O–H groups in total. The van der Waals surface area contributed by atoms with E-state index < -0.39 is 0 Å². The molecule has 0 bridgehead atoms. The number of hydrogen-bond donors (Lipinski definition) is 3. The molecule has 124 valence electrons. The van der Waals surface area contributed by atoms with Gasteiger partial charge in [-0.05, 0) is 44.9 Å². The second-order valence-corrected chi connectivity index (χ2v) is 5.29. The molecule has 23 heavy (non-hydrogen) atoms. The molecule has 0 aliphatic rings. The average molecular weight is 316 g/mol.